The van der Waals surface area contributed by atoms with Gasteiger partial charge in [-0.05, 0) is 54.2 Å². The standard InChI is InChI=1S/C21H12ClFN2O4S/c22-14-7-5-11(9-13(14)20(27)28)17-8-6-12(29-17)10-18-19(26)25-21(30-18)24-16-4-2-1-3-15(16)23/h1-10H,(H,27,28)(H,24,25,26)/b18-10-. The average Bonchev–Trinajstić information content (AvgIpc) is 3.31. The third kappa shape index (κ3) is 4.14. The van der Waals surface area contributed by atoms with E-state index in [1.807, 2.05) is 0 Å². The van der Waals surface area contributed by atoms with Crippen LogP contribution in [0.3, 0.4) is 0 Å². The SMILES string of the molecule is O=C1NC(=Nc2ccccc2F)S/C1=C\c1ccc(-c2ccc(Cl)c(C(=O)O)c2)o1. The van der Waals surface area contributed by atoms with E-state index in [0.29, 0.717) is 22.0 Å². The summed E-state index contributed by atoms with van der Waals surface area (Å²) in [6, 6.07) is 13.8. The molecular weight excluding hydrogens is 431 g/mol. The van der Waals surface area contributed by atoms with Gasteiger partial charge in [0.25, 0.3) is 5.91 Å². The van der Waals surface area contributed by atoms with Gasteiger partial charge in [-0.25, -0.2) is 14.2 Å². The first-order valence-electron chi connectivity index (χ1n) is 8.58. The van der Waals surface area contributed by atoms with E-state index < -0.39 is 11.8 Å². The third-order valence-corrected chi connectivity index (χ3v) is 5.35. The Labute approximate surface area is 179 Å². The van der Waals surface area contributed by atoms with E-state index in [-0.39, 0.29) is 27.3 Å². The Morgan fingerprint density at radius 3 is 2.77 bits per heavy atom. The Balaban J connectivity index is 1.57. The Morgan fingerprint density at radius 1 is 1.20 bits per heavy atom. The van der Waals surface area contributed by atoms with Gasteiger partial charge in [0.2, 0.25) is 0 Å². The first kappa shape index (κ1) is 19.9. The fraction of sp³-hybridized carbons (Fsp3) is 0. The van der Waals surface area contributed by atoms with E-state index >= 15 is 0 Å². The Hall–Kier alpha value is -3.36. The van der Waals surface area contributed by atoms with Gasteiger partial charge in [0, 0.05) is 11.6 Å². The summed E-state index contributed by atoms with van der Waals surface area (Å²) in [4.78, 5) is 27.9. The Bertz CT molecular complexity index is 1240. The first-order valence-corrected chi connectivity index (χ1v) is 9.77. The smallest absolute Gasteiger partial charge is 0.337 e. The van der Waals surface area contributed by atoms with Crippen LogP contribution in [-0.4, -0.2) is 22.2 Å². The quantitative estimate of drug-likeness (QED) is 0.533. The van der Waals surface area contributed by atoms with Gasteiger partial charge in [0.05, 0.1) is 15.5 Å². The molecule has 0 bridgehead atoms. The number of carboxylic acids is 1. The van der Waals surface area contributed by atoms with E-state index in [1.54, 1.807) is 30.3 Å². The summed E-state index contributed by atoms with van der Waals surface area (Å²) in [6.07, 6.45) is 1.53. The van der Waals surface area contributed by atoms with Crippen molar-refractivity contribution in [3.05, 3.63) is 81.7 Å². The van der Waals surface area contributed by atoms with Gasteiger partial charge in [-0.2, -0.15) is 0 Å². The molecule has 30 heavy (non-hydrogen) atoms. The van der Waals surface area contributed by atoms with Crippen molar-refractivity contribution >= 4 is 52.2 Å². The number of benzene rings is 2. The van der Waals surface area contributed by atoms with E-state index in [0.717, 1.165) is 11.8 Å². The molecule has 2 heterocycles. The number of amides is 1. The van der Waals surface area contributed by atoms with Crippen molar-refractivity contribution in [1.29, 1.82) is 0 Å². The van der Waals surface area contributed by atoms with E-state index in [1.165, 1.54) is 30.3 Å². The van der Waals surface area contributed by atoms with Gasteiger partial charge in [0.15, 0.2) is 5.17 Å². The second kappa shape index (κ2) is 8.17. The fourth-order valence-electron chi connectivity index (χ4n) is 2.69. The number of carboxylic acid groups (broad SMARTS) is 1. The summed E-state index contributed by atoms with van der Waals surface area (Å²) in [5.74, 6) is -1.20. The molecule has 1 aromatic heterocycles. The van der Waals surface area contributed by atoms with Crippen LogP contribution in [0.1, 0.15) is 16.1 Å². The predicted octanol–water partition coefficient (Wildman–Crippen LogP) is 5.33. The minimum atomic E-state index is -1.14. The van der Waals surface area contributed by atoms with Crippen LogP contribution in [0.25, 0.3) is 17.4 Å². The second-order valence-electron chi connectivity index (χ2n) is 6.13. The summed E-state index contributed by atoms with van der Waals surface area (Å²) in [7, 11) is 0. The summed E-state index contributed by atoms with van der Waals surface area (Å²) in [5, 5.41) is 12.2. The topological polar surface area (TPSA) is 91.9 Å². The fourth-order valence-corrected chi connectivity index (χ4v) is 3.70. The lowest BCUT2D eigenvalue weighted by Crippen LogP contribution is -2.19. The zero-order valence-corrected chi connectivity index (χ0v) is 16.6. The minimum Gasteiger partial charge on any atom is -0.478 e. The van der Waals surface area contributed by atoms with Gasteiger partial charge >= 0.3 is 5.97 Å². The molecule has 1 amide bonds. The van der Waals surface area contributed by atoms with Gasteiger partial charge in [0.1, 0.15) is 23.0 Å². The van der Waals surface area contributed by atoms with Crippen molar-refractivity contribution in [2.45, 2.75) is 0 Å². The zero-order chi connectivity index (χ0) is 21.3. The van der Waals surface area contributed by atoms with Crippen molar-refractivity contribution in [2.24, 2.45) is 4.99 Å². The number of furan rings is 1. The molecule has 1 aliphatic heterocycles. The molecule has 0 unspecified atom stereocenters. The molecule has 9 heteroatoms. The number of rotatable bonds is 4. The number of carbonyl (C=O) groups is 2. The number of amidine groups is 1. The molecule has 1 saturated heterocycles. The van der Waals surface area contributed by atoms with Crippen LogP contribution in [0.5, 0.6) is 0 Å². The molecule has 6 nitrogen and oxygen atoms in total. The first-order chi connectivity index (χ1) is 14.4. The number of nitrogens with one attached hydrogen (secondary N) is 1. The average molecular weight is 443 g/mol. The number of hydrogen-bond acceptors (Lipinski definition) is 5. The van der Waals surface area contributed by atoms with Crippen molar-refractivity contribution in [3.63, 3.8) is 0 Å². The highest BCUT2D eigenvalue weighted by Crippen LogP contribution is 2.31. The van der Waals surface area contributed by atoms with Crippen LogP contribution in [0.15, 0.2) is 68.9 Å². The lowest BCUT2D eigenvalue weighted by Gasteiger charge is -2.02. The number of halogens is 2. The Morgan fingerprint density at radius 2 is 2.00 bits per heavy atom. The number of aliphatic imine (C=N–C) groups is 1. The second-order valence-corrected chi connectivity index (χ2v) is 7.57. The lowest BCUT2D eigenvalue weighted by molar-refractivity contribution is -0.115. The van der Waals surface area contributed by atoms with Crippen molar-refractivity contribution in [2.75, 3.05) is 0 Å². The van der Waals surface area contributed by atoms with Gasteiger partial charge in [-0.1, -0.05) is 23.7 Å². The van der Waals surface area contributed by atoms with Gasteiger partial charge in [-0.15, -0.1) is 0 Å². The molecule has 1 fully saturated rings. The van der Waals surface area contributed by atoms with Gasteiger partial charge < -0.3 is 14.8 Å². The van der Waals surface area contributed by atoms with Crippen LogP contribution in [0, 0.1) is 5.82 Å². The molecule has 2 aromatic carbocycles. The molecule has 0 aliphatic carbocycles. The minimum absolute atomic E-state index is 0.0369. The normalized spacial score (nSPS) is 16.3. The molecule has 3 aromatic rings. The summed E-state index contributed by atoms with van der Waals surface area (Å²) >= 11 is 6.95. The third-order valence-electron chi connectivity index (χ3n) is 4.11. The molecule has 150 valence electrons. The Kier molecular flexibility index (Phi) is 5.43. The monoisotopic (exact) mass is 442 g/mol. The van der Waals surface area contributed by atoms with E-state index in [4.69, 9.17) is 16.0 Å². The van der Waals surface area contributed by atoms with Gasteiger partial charge in [-0.3, -0.25) is 4.79 Å². The summed E-state index contributed by atoms with van der Waals surface area (Å²) in [6.45, 7) is 0. The summed E-state index contributed by atoms with van der Waals surface area (Å²) < 4.78 is 19.5. The van der Waals surface area contributed by atoms with Crippen LogP contribution >= 0.6 is 23.4 Å². The number of hydrogen-bond donors (Lipinski definition) is 2. The highest BCUT2D eigenvalue weighted by Gasteiger charge is 2.24. The summed E-state index contributed by atoms with van der Waals surface area (Å²) in [5.41, 5.74) is 0.621. The number of carbonyl (C=O) groups excluding carboxylic acids is 1. The van der Waals surface area contributed by atoms with E-state index in [9.17, 15) is 19.1 Å². The zero-order valence-electron chi connectivity index (χ0n) is 15.1. The maximum absolute atomic E-state index is 13.7. The molecular formula is C21H12ClFN2O4S. The molecule has 4 rings (SSSR count). The number of para-hydroxylation sites is 1. The van der Waals surface area contributed by atoms with Crippen LogP contribution in [0.4, 0.5) is 10.1 Å². The number of thioether (sulfide) groups is 1. The molecule has 0 atom stereocenters. The van der Waals surface area contributed by atoms with Crippen LogP contribution < -0.4 is 5.32 Å². The largest absolute Gasteiger partial charge is 0.478 e. The number of nitrogens with zero attached hydrogens (tertiary/aromatic N) is 1. The highest BCUT2D eigenvalue weighted by molar-refractivity contribution is 8.18. The molecule has 0 radical (unpaired) electrons. The molecule has 0 spiro atoms. The molecule has 1 aliphatic rings. The maximum Gasteiger partial charge on any atom is 0.337 e. The van der Waals surface area contributed by atoms with E-state index in [2.05, 4.69) is 10.3 Å². The van der Waals surface area contributed by atoms with Crippen molar-refractivity contribution < 1.29 is 23.5 Å². The highest BCUT2D eigenvalue weighted by atomic mass is 35.5. The number of aromatic carboxylic acids is 1. The molecule has 2 N–H and O–H groups in total. The predicted molar refractivity (Wildman–Crippen MR) is 113 cm³/mol. The van der Waals surface area contributed by atoms with Crippen molar-refractivity contribution in [3.8, 4) is 11.3 Å². The van der Waals surface area contributed by atoms with Crippen LogP contribution in [0.2, 0.25) is 5.02 Å². The lowest BCUT2D eigenvalue weighted by atomic mass is 10.1. The molecule has 0 saturated carbocycles. The van der Waals surface area contributed by atoms with Crippen LogP contribution in [-0.2, 0) is 4.79 Å². The maximum atomic E-state index is 13.7. The van der Waals surface area contributed by atoms with Crippen molar-refractivity contribution in [1.82, 2.24) is 5.32 Å².